The van der Waals surface area contributed by atoms with Crippen LogP contribution in [0.5, 0.6) is 0 Å². The lowest BCUT2D eigenvalue weighted by atomic mass is 9.98. The van der Waals surface area contributed by atoms with E-state index in [1.54, 1.807) is 0 Å². The molecule has 1 saturated carbocycles. The van der Waals surface area contributed by atoms with Crippen molar-refractivity contribution in [2.75, 3.05) is 13.2 Å². The minimum absolute atomic E-state index is 0.234. The van der Waals surface area contributed by atoms with E-state index in [4.69, 9.17) is 4.74 Å². The van der Waals surface area contributed by atoms with Crippen molar-refractivity contribution in [1.29, 1.82) is 0 Å². The summed E-state index contributed by atoms with van der Waals surface area (Å²) >= 11 is 0. The van der Waals surface area contributed by atoms with E-state index in [0.29, 0.717) is 18.4 Å². The van der Waals surface area contributed by atoms with Crippen molar-refractivity contribution in [3.05, 3.63) is 0 Å². The van der Waals surface area contributed by atoms with Gasteiger partial charge in [0, 0.05) is 25.7 Å². The molecule has 1 N–H and O–H groups in total. The lowest BCUT2D eigenvalue weighted by Crippen LogP contribution is -2.35. The zero-order valence-electron chi connectivity index (χ0n) is 9.34. The van der Waals surface area contributed by atoms with Gasteiger partial charge < -0.3 is 10.1 Å². The van der Waals surface area contributed by atoms with Crippen molar-refractivity contribution in [2.45, 2.75) is 51.0 Å². The summed E-state index contributed by atoms with van der Waals surface area (Å²) in [6.45, 7) is 1.65. The monoisotopic (exact) mass is 211 g/mol. The van der Waals surface area contributed by atoms with Crippen molar-refractivity contribution < 1.29 is 9.53 Å². The molecule has 1 amide bonds. The number of amides is 1. The summed E-state index contributed by atoms with van der Waals surface area (Å²) < 4.78 is 5.37. The molecule has 1 atom stereocenters. The average Bonchev–Trinajstić information content (AvgIpc) is 2.71. The van der Waals surface area contributed by atoms with Crippen molar-refractivity contribution in [3.63, 3.8) is 0 Å². The molecule has 1 aliphatic heterocycles. The zero-order valence-corrected chi connectivity index (χ0v) is 9.34. The second-order valence-corrected chi connectivity index (χ2v) is 4.84. The number of hydrogen-bond acceptors (Lipinski definition) is 2. The lowest BCUT2D eigenvalue weighted by Gasteiger charge is -2.22. The minimum atomic E-state index is 0.234. The molecule has 3 heteroatoms. The second kappa shape index (κ2) is 5.50. The Morgan fingerprint density at radius 1 is 1.20 bits per heavy atom. The quantitative estimate of drug-likeness (QED) is 0.774. The molecule has 2 aliphatic rings. The molecule has 2 fully saturated rings. The summed E-state index contributed by atoms with van der Waals surface area (Å²) in [6, 6.07) is 0.460. The Hall–Kier alpha value is -0.570. The van der Waals surface area contributed by atoms with Gasteiger partial charge in [-0.15, -0.1) is 0 Å². The summed E-state index contributed by atoms with van der Waals surface area (Å²) in [5.74, 6) is 0.692. The Morgan fingerprint density at radius 3 is 2.67 bits per heavy atom. The largest absolute Gasteiger partial charge is 0.381 e. The van der Waals surface area contributed by atoms with Gasteiger partial charge >= 0.3 is 0 Å². The van der Waals surface area contributed by atoms with E-state index in [1.807, 2.05) is 0 Å². The normalized spacial score (nSPS) is 27.9. The first-order valence-electron chi connectivity index (χ1n) is 6.21. The molecule has 3 nitrogen and oxygen atoms in total. The molecular formula is C12H21NO2. The number of carbonyl (C=O) groups excluding carboxylic acids is 1. The Bertz CT molecular complexity index is 206. The Kier molecular flexibility index (Phi) is 4.01. The van der Waals surface area contributed by atoms with E-state index < -0.39 is 0 Å². The fourth-order valence-corrected chi connectivity index (χ4v) is 2.59. The Balaban J connectivity index is 1.66. The molecule has 86 valence electrons. The van der Waals surface area contributed by atoms with Gasteiger partial charge in [-0.25, -0.2) is 0 Å². The third kappa shape index (κ3) is 3.49. The maximum Gasteiger partial charge on any atom is 0.220 e. The fraction of sp³-hybridized carbons (Fsp3) is 0.917. The summed E-state index contributed by atoms with van der Waals surface area (Å²) in [6.07, 6.45) is 7.82. The van der Waals surface area contributed by atoms with E-state index in [-0.39, 0.29) is 5.91 Å². The maximum absolute atomic E-state index is 11.7. The van der Waals surface area contributed by atoms with Crippen LogP contribution in [0.25, 0.3) is 0 Å². The number of nitrogens with one attached hydrogen (secondary N) is 1. The van der Waals surface area contributed by atoms with Crippen LogP contribution in [0.1, 0.15) is 44.9 Å². The van der Waals surface area contributed by atoms with Crippen LogP contribution in [-0.4, -0.2) is 25.2 Å². The van der Waals surface area contributed by atoms with E-state index >= 15 is 0 Å². The molecule has 0 aromatic carbocycles. The molecule has 0 radical (unpaired) electrons. The highest BCUT2D eigenvalue weighted by Crippen LogP contribution is 2.20. The average molecular weight is 211 g/mol. The molecule has 1 heterocycles. The molecule has 1 unspecified atom stereocenters. The molecule has 0 spiro atoms. The zero-order chi connectivity index (χ0) is 10.5. The predicted molar refractivity (Wildman–Crippen MR) is 58.6 cm³/mol. The standard InChI is InChI=1S/C12H21NO2/c14-12(13-11-5-1-2-6-11)8-10-4-3-7-15-9-10/h10-11H,1-9H2,(H,13,14). The smallest absolute Gasteiger partial charge is 0.220 e. The summed E-state index contributed by atoms with van der Waals surface area (Å²) in [4.78, 5) is 11.7. The summed E-state index contributed by atoms with van der Waals surface area (Å²) in [5, 5.41) is 3.13. The van der Waals surface area contributed by atoms with E-state index in [2.05, 4.69) is 5.32 Å². The maximum atomic E-state index is 11.7. The number of carbonyl (C=O) groups is 1. The third-order valence-electron chi connectivity index (χ3n) is 3.45. The predicted octanol–water partition coefficient (Wildman–Crippen LogP) is 1.86. The first-order valence-corrected chi connectivity index (χ1v) is 6.21. The van der Waals surface area contributed by atoms with Gasteiger partial charge in [0.25, 0.3) is 0 Å². The van der Waals surface area contributed by atoms with Crippen LogP contribution in [0, 0.1) is 5.92 Å². The molecule has 1 saturated heterocycles. The highest BCUT2D eigenvalue weighted by atomic mass is 16.5. The van der Waals surface area contributed by atoms with Crippen molar-refractivity contribution in [2.24, 2.45) is 5.92 Å². The van der Waals surface area contributed by atoms with Gasteiger partial charge in [0.1, 0.15) is 0 Å². The van der Waals surface area contributed by atoms with Crippen LogP contribution in [0.2, 0.25) is 0 Å². The molecule has 1 aliphatic carbocycles. The summed E-state index contributed by atoms with van der Waals surface area (Å²) in [5.41, 5.74) is 0. The van der Waals surface area contributed by atoms with Crippen molar-refractivity contribution in [1.82, 2.24) is 5.32 Å². The van der Waals surface area contributed by atoms with Crippen LogP contribution in [-0.2, 0) is 9.53 Å². The van der Waals surface area contributed by atoms with E-state index in [0.717, 1.165) is 26.1 Å². The van der Waals surface area contributed by atoms with Crippen LogP contribution >= 0.6 is 0 Å². The molecule has 2 rings (SSSR count). The van der Waals surface area contributed by atoms with E-state index in [1.165, 1.54) is 25.7 Å². The van der Waals surface area contributed by atoms with Gasteiger partial charge in [-0.3, -0.25) is 4.79 Å². The van der Waals surface area contributed by atoms with Crippen LogP contribution < -0.4 is 5.32 Å². The molecule has 0 aromatic heterocycles. The number of rotatable bonds is 3. The molecule has 0 aromatic rings. The highest BCUT2D eigenvalue weighted by molar-refractivity contribution is 5.76. The first kappa shape index (κ1) is 10.9. The van der Waals surface area contributed by atoms with Gasteiger partial charge in [0.15, 0.2) is 0 Å². The van der Waals surface area contributed by atoms with Crippen molar-refractivity contribution in [3.8, 4) is 0 Å². The van der Waals surface area contributed by atoms with Gasteiger partial charge in [0.05, 0.1) is 0 Å². The van der Waals surface area contributed by atoms with Gasteiger partial charge in [-0.05, 0) is 31.6 Å². The molecule has 15 heavy (non-hydrogen) atoms. The lowest BCUT2D eigenvalue weighted by molar-refractivity contribution is -0.123. The minimum Gasteiger partial charge on any atom is -0.381 e. The van der Waals surface area contributed by atoms with Crippen LogP contribution in [0.15, 0.2) is 0 Å². The van der Waals surface area contributed by atoms with Crippen LogP contribution in [0.3, 0.4) is 0 Å². The second-order valence-electron chi connectivity index (χ2n) is 4.84. The number of ether oxygens (including phenoxy) is 1. The van der Waals surface area contributed by atoms with E-state index in [9.17, 15) is 4.79 Å². The SMILES string of the molecule is O=C(CC1CCCOC1)NC1CCCC1. The topological polar surface area (TPSA) is 38.3 Å². The van der Waals surface area contributed by atoms with Crippen molar-refractivity contribution >= 4 is 5.91 Å². The van der Waals surface area contributed by atoms with Gasteiger partial charge in [0.2, 0.25) is 5.91 Å². The van der Waals surface area contributed by atoms with Crippen LogP contribution in [0.4, 0.5) is 0 Å². The Labute approximate surface area is 91.6 Å². The Morgan fingerprint density at radius 2 is 2.00 bits per heavy atom. The summed E-state index contributed by atoms with van der Waals surface area (Å²) in [7, 11) is 0. The van der Waals surface area contributed by atoms with Gasteiger partial charge in [-0.1, -0.05) is 12.8 Å². The van der Waals surface area contributed by atoms with Gasteiger partial charge in [-0.2, -0.15) is 0 Å². The highest BCUT2D eigenvalue weighted by Gasteiger charge is 2.21. The fourth-order valence-electron chi connectivity index (χ4n) is 2.59. The third-order valence-corrected chi connectivity index (χ3v) is 3.45. The number of hydrogen-bond donors (Lipinski definition) is 1. The molecular weight excluding hydrogens is 190 g/mol. The first-order chi connectivity index (χ1) is 7.34. The molecule has 0 bridgehead atoms.